The summed E-state index contributed by atoms with van der Waals surface area (Å²) in [6.45, 7) is 3.01. The van der Waals surface area contributed by atoms with Gasteiger partial charge in [0, 0.05) is 44.7 Å². The monoisotopic (exact) mass is 398 g/mol. The van der Waals surface area contributed by atoms with Crippen LogP contribution in [0.25, 0.3) is 0 Å². The van der Waals surface area contributed by atoms with E-state index >= 15 is 0 Å². The van der Waals surface area contributed by atoms with Crippen molar-refractivity contribution < 1.29 is 18.7 Å². The molecular formula is C21H23FN4O3. The second kappa shape index (κ2) is 8.14. The molecule has 1 saturated heterocycles. The number of aromatic nitrogens is 2. The zero-order chi connectivity index (χ0) is 20.4. The van der Waals surface area contributed by atoms with Gasteiger partial charge in [-0.1, -0.05) is 12.1 Å². The number of likely N-dealkylation sites (tertiary alicyclic amines) is 1. The third-order valence-electron chi connectivity index (χ3n) is 5.45. The molecule has 1 fully saturated rings. The number of para-hydroxylation sites is 1. The lowest BCUT2D eigenvalue weighted by Gasteiger charge is -2.29. The third-order valence-corrected chi connectivity index (χ3v) is 5.45. The van der Waals surface area contributed by atoms with E-state index < -0.39 is 5.82 Å². The first-order valence-electron chi connectivity index (χ1n) is 9.80. The Morgan fingerprint density at radius 3 is 2.90 bits per heavy atom. The molecule has 8 heteroatoms. The molecule has 7 nitrogen and oxygen atoms in total. The Hall–Kier alpha value is -3.03. The molecule has 0 radical (unpaired) electrons. The number of hydrogen-bond acceptors (Lipinski definition) is 5. The molecular weight excluding hydrogens is 375 g/mol. The number of rotatable bonds is 4. The number of carbonyl (C=O) groups is 2. The predicted molar refractivity (Wildman–Crippen MR) is 102 cm³/mol. The molecule has 1 atom stereocenters. The van der Waals surface area contributed by atoms with Gasteiger partial charge in [-0.2, -0.15) is 0 Å². The van der Waals surface area contributed by atoms with Crippen LogP contribution in [-0.4, -0.2) is 51.3 Å². The summed E-state index contributed by atoms with van der Waals surface area (Å²) in [5.41, 5.74) is 1.82. The lowest BCUT2D eigenvalue weighted by atomic mass is 10.1. The first-order chi connectivity index (χ1) is 14.0. The molecule has 1 aromatic heterocycles. The fourth-order valence-electron chi connectivity index (χ4n) is 3.91. The topological polar surface area (TPSA) is 75.6 Å². The van der Waals surface area contributed by atoms with Gasteiger partial charge in [-0.15, -0.1) is 0 Å². The van der Waals surface area contributed by atoms with E-state index in [1.807, 2.05) is 4.90 Å². The molecule has 2 aliphatic heterocycles. The van der Waals surface area contributed by atoms with E-state index in [0.717, 1.165) is 30.6 Å². The molecule has 3 heterocycles. The molecule has 0 N–H and O–H groups in total. The van der Waals surface area contributed by atoms with Crippen LogP contribution in [-0.2, 0) is 22.6 Å². The number of hydrogen-bond donors (Lipinski definition) is 0. The number of benzene rings is 1. The summed E-state index contributed by atoms with van der Waals surface area (Å²) in [7, 11) is 0. The highest BCUT2D eigenvalue weighted by molar-refractivity contribution is 5.78. The molecule has 2 amide bonds. The summed E-state index contributed by atoms with van der Waals surface area (Å²) >= 11 is 0. The maximum absolute atomic E-state index is 13.6. The molecule has 152 valence electrons. The van der Waals surface area contributed by atoms with Crippen LogP contribution < -0.4 is 4.74 Å². The van der Waals surface area contributed by atoms with Crippen LogP contribution in [0.1, 0.15) is 42.9 Å². The smallest absolute Gasteiger partial charge is 0.260 e. The highest BCUT2D eigenvalue weighted by Gasteiger charge is 2.31. The Morgan fingerprint density at radius 1 is 1.28 bits per heavy atom. The van der Waals surface area contributed by atoms with Gasteiger partial charge < -0.3 is 14.5 Å². The van der Waals surface area contributed by atoms with Crippen LogP contribution in [0.5, 0.6) is 5.75 Å². The number of fused-ring (bicyclic) bond motifs is 1. The number of carbonyl (C=O) groups excluding carboxylic acids is 2. The van der Waals surface area contributed by atoms with Crippen molar-refractivity contribution in [2.24, 2.45) is 0 Å². The van der Waals surface area contributed by atoms with E-state index in [0.29, 0.717) is 25.3 Å². The Bertz CT molecular complexity index is 936. The zero-order valence-corrected chi connectivity index (χ0v) is 16.3. The molecule has 2 aromatic rings. The molecule has 0 spiro atoms. The standard InChI is InChI=1S/C21H23FN4O3/c1-14(27)26-9-4-6-18(26)21-23-11-15-12-25(10-8-17(15)24-21)20(28)13-29-19-7-3-2-5-16(19)22/h2-3,5,7,11,18H,4,6,8-10,12-13H2,1H3/t18-/m0/s1. The molecule has 2 aliphatic rings. The van der Waals surface area contributed by atoms with E-state index in [1.165, 1.54) is 12.1 Å². The van der Waals surface area contributed by atoms with E-state index in [9.17, 15) is 14.0 Å². The van der Waals surface area contributed by atoms with Gasteiger partial charge in [0.15, 0.2) is 24.0 Å². The highest BCUT2D eigenvalue weighted by Crippen LogP contribution is 2.30. The van der Waals surface area contributed by atoms with Gasteiger partial charge in [0.1, 0.15) is 0 Å². The van der Waals surface area contributed by atoms with E-state index in [2.05, 4.69) is 4.98 Å². The largest absolute Gasteiger partial charge is 0.481 e. The molecule has 0 unspecified atom stereocenters. The fraction of sp³-hybridized carbons (Fsp3) is 0.429. The summed E-state index contributed by atoms with van der Waals surface area (Å²) in [5.74, 6) is 0.0932. The lowest BCUT2D eigenvalue weighted by Crippen LogP contribution is -2.39. The zero-order valence-electron chi connectivity index (χ0n) is 16.3. The SMILES string of the molecule is CC(=O)N1CCC[C@H]1c1ncc2c(n1)CCN(C(=O)COc1ccccc1F)C2. The number of nitrogens with zero attached hydrogens (tertiary/aromatic N) is 4. The Morgan fingerprint density at radius 2 is 2.10 bits per heavy atom. The minimum Gasteiger partial charge on any atom is -0.481 e. The summed E-state index contributed by atoms with van der Waals surface area (Å²) in [5, 5.41) is 0. The summed E-state index contributed by atoms with van der Waals surface area (Å²) in [6.07, 6.45) is 4.19. The fourth-order valence-corrected chi connectivity index (χ4v) is 3.91. The molecule has 1 aromatic carbocycles. The Kier molecular flexibility index (Phi) is 5.42. The Labute approximate surface area is 168 Å². The van der Waals surface area contributed by atoms with Gasteiger partial charge in [-0.3, -0.25) is 9.59 Å². The van der Waals surface area contributed by atoms with Gasteiger partial charge in [0.2, 0.25) is 5.91 Å². The van der Waals surface area contributed by atoms with Crippen LogP contribution in [0.2, 0.25) is 0 Å². The van der Waals surface area contributed by atoms with E-state index in [-0.39, 0.29) is 30.2 Å². The van der Waals surface area contributed by atoms with Crippen molar-refractivity contribution in [1.82, 2.24) is 19.8 Å². The minimum atomic E-state index is -0.489. The first kappa shape index (κ1) is 19.3. The van der Waals surface area contributed by atoms with Crippen molar-refractivity contribution in [2.45, 2.75) is 38.8 Å². The third kappa shape index (κ3) is 4.06. The predicted octanol–water partition coefficient (Wildman–Crippen LogP) is 2.26. The second-order valence-electron chi connectivity index (χ2n) is 7.35. The van der Waals surface area contributed by atoms with E-state index in [1.54, 1.807) is 30.2 Å². The molecule has 0 bridgehead atoms. The number of ether oxygens (including phenoxy) is 1. The summed E-state index contributed by atoms with van der Waals surface area (Å²) in [4.78, 5) is 37.0. The number of amides is 2. The quantitative estimate of drug-likeness (QED) is 0.790. The van der Waals surface area contributed by atoms with Crippen LogP contribution in [0.3, 0.4) is 0 Å². The first-order valence-corrected chi connectivity index (χ1v) is 9.80. The normalized spacial score (nSPS) is 18.5. The van der Waals surface area contributed by atoms with Crippen molar-refractivity contribution in [3.8, 4) is 5.75 Å². The second-order valence-corrected chi connectivity index (χ2v) is 7.35. The van der Waals surface area contributed by atoms with Crippen molar-refractivity contribution in [2.75, 3.05) is 19.7 Å². The van der Waals surface area contributed by atoms with Crippen molar-refractivity contribution in [1.29, 1.82) is 0 Å². The van der Waals surface area contributed by atoms with Crippen molar-refractivity contribution in [3.05, 3.63) is 53.4 Å². The summed E-state index contributed by atoms with van der Waals surface area (Å²) in [6, 6.07) is 5.96. The number of halogens is 1. The molecule has 29 heavy (non-hydrogen) atoms. The van der Waals surface area contributed by atoms with Crippen LogP contribution in [0.15, 0.2) is 30.5 Å². The van der Waals surface area contributed by atoms with Crippen molar-refractivity contribution >= 4 is 11.8 Å². The van der Waals surface area contributed by atoms with Gasteiger partial charge in [-0.25, -0.2) is 14.4 Å². The van der Waals surface area contributed by atoms with E-state index in [4.69, 9.17) is 9.72 Å². The maximum atomic E-state index is 13.6. The molecule has 0 saturated carbocycles. The highest BCUT2D eigenvalue weighted by atomic mass is 19.1. The maximum Gasteiger partial charge on any atom is 0.260 e. The van der Waals surface area contributed by atoms with Gasteiger partial charge >= 0.3 is 0 Å². The van der Waals surface area contributed by atoms with Gasteiger partial charge in [0.05, 0.1) is 11.7 Å². The molecule has 4 rings (SSSR count). The average molecular weight is 398 g/mol. The van der Waals surface area contributed by atoms with Gasteiger partial charge in [0.25, 0.3) is 5.91 Å². The molecule has 0 aliphatic carbocycles. The van der Waals surface area contributed by atoms with Crippen LogP contribution in [0.4, 0.5) is 4.39 Å². The average Bonchev–Trinajstić information content (AvgIpc) is 3.22. The Balaban J connectivity index is 1.40. The minimum absolute atomic E-state index is 0.0421. The lowest BCUT2D eigenvalue weighted by molar-refractivity contribution is -0.134. The van der Waals surface area contributed by atoms with Gasteiger partial charge in [-0.05, 0) is 25.0 Å². The summed E-state index contributed by atoms with van der Waals surface area (Å²) < 4.78 is 19.0. The van der Waals surface area contributed by atoms with Crippen molar-refractivity contribution in [3.63, 3.8) is 0 Å². The van der Waals surface area contributed by atoms with Crippen LogP contribution >= 0.6 is 0 Å². The van der Waals surface area contributed by atoms with Crippen LogP contribution in [0, 0.1) is 5.82 Å².